The monoisotopic (exact) mass is 515 g/mol. The number of halogens is 2. The quantitative estimate of drug-likeness (QED) is 0.433. The number of pyridine rings is 1. The topological polar surface area (TPSA) is 88.7 Å². The molecule has 35 heavy (non-hydrogen) atoms. The zero-order valence-electron chi connectivity index (χ0n) is 19.3. The zero-order valence-corrected chi connectivity index (χ0v) is 20.9. The third-order valence-corrected chi connectivity index (χ3v) is 7.64. The normalized spacial score (nSPS) is 19.2. The lowest BCUT2D eigenvalue weighted by Crippen LogP contribution is -2.44. The molecular formula is C26H27ClFN3O3S. The van der Waals surface area contributed by atoms with Crippen molar-refractivity contribution in [1.29, 1.82) is 0 Å². The van der Waals surface area contributed by atoms with Crippen molar-refractivity contribution in [1.82, 2.24) is 9.88 Å². The van der Waals surface area contributed by atoms with Gasteiger partial charge < -0.3 is 15.6 Å². The molecule has 0 radical (unpaired) electrons. The molecule has 0 saturated carbocycles. The van der Waals surface area contributed by atoms with E-state index in [-0.39, 0.29) is 17.8 Å². The fourth-order valence-corrected chi connectivity index (χ4v) is 5.57. The lowest BCUT2D eigenvalue weighted by Gasteiger charge is -2.36. The standard InChI is InChI=1S/C26H27ClFN3O3S/c1-34-18-5-7-24-20(12-18)25(22(27)13-30-24)23(29)6-4-16-8-10-31(14-21(16)26(32)33)9-2-3-19-11-17(28)15-35-19/h5,7,11-13,15-16,21,23H,4,6,8-10,14,29H2,1H3,(H,32,33). The number of hydrogen-bond donors (Lipinski definition) is 2. The molecule has 3 N–H and O–H groups in total. The lowest BCUT2D eigenvalue weighted by molar-refractivity contribution is -0.146. The third kappa shape index (κ3) is 6.11. The van der Waals surface area contributed by atoms with Gasteiger partial charge in [0.1, 0.15) is 11.6 Å². The van der Waals surface area contributed by atoms with Crippen LogP contribution in [0.15, 0.2) is 35.8 Å². The second kappa shape index (κ2) is 11.4. The van der Waals surface area contributed by atoms with Gasteiger partial charge in [-0.25, -0.2) is 4.39 Å². The number of benzene rings is 1. The summed E-state index contributed by atoms with van der Waals surface area (Å²) in [7, 11) is 1.60. The molecule has 0 bridgehead atoms. The average Bonchev–Trinajstić information content (AvgIpc) is 3.27. The second-order valence-corrected chi connectivity index (χ2v) is 10.1. The molecule has 1 aliphatic rings. The molecule has 2 aromatic heterocycles. The number of carboxylic acids is 1. The predicted octanol–water partition coefficient (Wildman–Crippen LogP) is 4.95. The van der Waals surface area contributed by atoms with Crippen LogP contribution in [0.4, 0.5) is 4.39 Å². The van der Waals surface area contributed by atoms with Gasteiger partial charge in [-0.05, 0) is 55.5 Å². The van der Waals surface area contributed by atoms with Crippen molar-refractivity contribution in [3.05, 3.63) is 57.1 Å². The van der Waals surface area contributed by atoms with Crippen LogP contribution in [0.2, 0.25) is 5.02 Å². The van der Waals surface area contributed by atoms with Crippen molar-refractivity contribution < 1.29 is 19.0 Å². The SMILES string of the molecule is COc1ccc2ncc(Cl)c(C(N)CCC3CCN(CC#Cc4cc(F)cs4)CC3C(=O)O)c2c1. The van der Waals surface area contributed by atoms with Crippen molar-refractivity contribution >= 4 is 39.8 Å². The minimum absolute atomic E-state index is 0.00978. The number of aliphatic carboxylic acids is 1. The van der Waals surface area contributed by atoms with Gasteiger partial charge in [0.15, 0.2) is 0 Å². The molecule has 3 heterocycles. The average molecular weight is 516 g/mol. The van der Waals surface area contributed by atoms with Gasteiger partial charge in [-0.2, -0.15) is 0 Å². The summed E-state index contributed by atoms with van der Waals surface area (Å²) in [4.78, 5) is 19.1. The highest BCUT2D eigenvalue weighted by Crippen LogP contribution is 2.35. The highest BCUT2D eigenvalue weighted by atomic mass is 35.5. The summed E-state index contributed by atoms with van der Waals surface area (Å²) in [6.07, 6.45) is 3.64. The number of likely N-dealkylation sites (tertiary alicyclic amines) is 1. The molecule has 184 valence electrons. The molecule has 0 aliphatic carbocycles. The summed E-state index contributed by atoms with van der Waals surface area (Å²) in [5, 5.41) is 12.6. The molecule has 1 fully saturated rings. The Balaban J connectivity index is 1.41. The molecule has 6 nitrogen and oxygen atoms in total. The van der Waals surface area contributed by atoms with E-state index in [1.54, 1.807) is 13.3 Å². The number of methoxy groups -OCH3 is 1. The Morgan fingerprint density at radius 2 is 2.29 bits per heavy atom. The van der Waals surface area contributed by atoms with E-state index in [1.165, 1.54) is 22.8 Å². The van der Waals surface area contributed by atoms with E-state index in [1.807, 2.05) is 23.1 Å². The Morgan fingerprint density at radius 1 is 1.46 bits per heavy atom. The number of nitrogens with zero attached hydrogens (tertiary/aromatic N) is 2. The fraction of sp³-hybridized carbons (Fsp3) is 0.385. The van der Waals surface area contributed by atoms with Gasteiger partial charge in [0.25, 0.3) is 0 Å². The predicted molar refractivity (Wildman–Crippen MR) is 136 cm³/mol. The summed E-state index contributed by atoms with van der Waals surface area (Å²) in [6.45, 7) is 1.64. The highest BCUT2D eigenvalue weighted by Gasteiger charge is 2.34. The van der Waals surface area contributed by atoms with E-state index in [0.29, 0.717) is 41.6 Å². The number of rotatable bonds is 7. The first-order valence-corrected chi connectivity index (χ1v) is 12.7. The zero-order chi connectivity index (χ0) is 24.9. The molecule has 9 heteroatoms. The largest absolute Gasteiger partial charge is 0.497 e. The summed E-state index contributed by atoms with van der Waals surface area (Å²) < 4.78 is 18.5. The van der Waals surface area contributed by atoms with Gasteiger partial charge in [0.2, 0.25) is 0 Å². The Hall–Kier alpha value is -2.70. The van der Waals surface area contributed by atoms with Crippen LogP contribution in [0.25, 0.3) is 10.9 Å². The molecule has 3 atom stereocenters. The molecule has 3 unspecified atom stereocenters. The van der Waals surface area contributed by atoms with Crippen LogP contribution in [0.1, 0.15) is 35.7 Å². The smallest absolute Gasteiger partial charge is 0.308 e. The molecule has 1 aromatic carbocycles. The van der Waals surface area contributed by atoms with Crippen LogP contribution in [0.3, 0.4) is 0 Å². The first-order chi connectivity index (χ1) is 16.9. The maximum atomic E-state index is 13.1. The van der Waals surface area contributed by atoms with Crippen LogP contribution >= 0.6 is 22.9 Å². The Morgan fingerprint density at radius 3 is 3.00 bits per heavy atom. The number of carbonyl (C=O) groups is 1. The lowest BCUT2D eigenvalue weighted by atomic mass is 9.81. The van der Waals surface area contributed by atoms with Crippen LogP contribution in [0, 0.1) is 29.5 Å². The van der Waals surface area contributed by atoms with Gasteiger partial charge in [0.05, 0.1) is 35.0 Å². The maximum Gasteiger partial charge on any atom is 0.308 e. The molecule has 0 amide bonds. The summed E-state index contributed by atoms with van der Waals surface area (Å²) >= 11 is 7.75. The van der Waals surface area contributed by atoms with Crippen molar-refractivity contribution in [3.8, 4) is 17.6 Å². The van der Waals surface area contributed by atoms with Crippen LogP contribution in [-0.4, -0.2) is 47.7 Å². The van der Waals surface area contributed by atoms with Gasteiger partial charge in [-0.15, -0.1) is 11.3 Å². The fourth-order valence-electron chi connectivity index (χ4n) is 4.66. The van der Waals surface area contributed by atoms with E-state index in [2.05, 4.69) is 16.8 Å². The van der Waals surface area contributed by atoms with Crippen LogP contribution in [0.5, 0.6) is 5.75 Å². The molecule has 1 aliphatic heterocycles. The van der Waals surface area contributed by atoms with Gasteiger partial charge in [-0.1, -0.05) is 23.4 Å². The van der Waals surface area contributed by atoms with Gasteiger partial charge >= 0.3 is 5.97 Å². The van der Waals surface area contributed by atoms with Crippen molar-refractivity contribution in [2.45, 2.75) is 25.3 Å². The van der Waals surface area contributed by atoms with E-state index in [4.69, 9.17) is 22.1 Å². The first kappa shape index (κ1) is 25.4. The third-order valence-electron chi connectivity index (χ3n) is 6.53. The van der Waals surface area contributed by atoms with Gasteiger partial charge in [-0.3, -0.25) is 14.7 Å². The first-order valence-electron chi connectivity index (χ1n) is 11.4. The molecule has 0 spiro atoms. The number of piperidine rings is 1. The van der Waals surface area contributed by atoms with Gasteiger partial charge in [0, 0.05) is 35.6 Å². The molecule has 1 saturated heterocycles. The number of hydrogen-bond acceptors (Lipinski definition) is 6. The number of carboxylic acid groups (broad SMARTS) is 1. The van der Waals surface area contributed by atoms with E-state index >= 15 is 0 Å². The summed E-state index contributed by atoms with van der Waals surface area (Å²) in [5.74, 6) is 5.10. The van der Waals surface area contributed by atoms with E-state index in [0.717, 1.165) is 29.4 Å². The van der Waals surface area contributed by atoms with Crippen molar-refractivity contribution in [2.75, 3.05) is 26.7 Å². The molecular weight excluding hydrogens is 489 g/mol. The van der Waals surface area contributed by atoms with Crippen LogP contribution in [-0.2, 0) is 4.79 Å². The van der Waals surface area contributed by atoms with Crippen molar-refractivity contribution in [3.63, 3.8) is 0 Å². The highest BCUT2D eigenvalue weighted by molar-refractivity contribution is 7.10. The Labute approximate surface area is 212 Å². The van der Waals surface area contributed by atoms with E-state index in [9.17, 15) is 14.3 Å². The van der Waals surface area contributed by atoms with Crippen molar-refractivity contribution in [2.24, 2.45) is 17.6 Å². The minimum atomic E-state index is -0.807. The summed E-state index contributed by atoms with van der Waals surface area (Å²) in [5.41, 5.74) is 8.17. The minimum Gasteiger partial charge on any atom is -0.497 e. The second-order valence-electron chi connectivity index (χ2n) is 8.75. The van der Waals surface area contributed by atoms with Crippen LogP contribution < -0.4 is 10.5 Å². The Bertz CT molecular complexity index is 1270. The number of ether oxygens (including phenoxy) is 1. The summed E-state index contributed by atoms with van der Waals surface area (Å²) in [6, 6.07) is 6.64. The maximum absolute atomic E-state index is 13.1. The number of aromatic nitrogens is 1. The number of nitrogens with two attached hydrogens (primary N) is 1. The molecule has 3 aromatic rings. The number of fused-ring (bicyclic) bond motifs is 1. The van der Waals surface area contributed by atoms with E-state index < -0.39 is 11.9 Å². The molecule has 4 rings (SSSR count). The Kier molecular flexibility index (Phi) is 8.24. The number of thiophene rings is 1.